The first kappa shape index (κ1) is 24.3. The second kappa shape index (κ2) is 11.5. The fourth-order valence-electron chi connectivity index (χ4n) is 4.22. The molecule has 32 heavy (non-hydrogen) atoms. The maximum atomic E-state index is 12.5. The van der Waals surface area contributed by atoms with E-state index in [2.05, 4.69) is 5.32 Å². The van der Waals surface area contributed by atoms with Crippen LogP contribution in [0.2, 0.25) is 10.0 Å². The van der Waals surface area contributed by atoms with Crippen molar-refractivity contribution in [3.8, 4) is 0 Å². The number of halogens is 2. The molecule has 3 rings (SSSR count). The molecule has 0 radical (unpaired) electrons. The first-order valence-electron chi connectivity index (χ1n) is 10.9. The highest BCUT2D eigenvalue weighted by molar-refractivity contribution is 6.42. The third-order valence-corrected chi connectivity index (χ3v) is 6.80. The Labute approximate surface area is 198 Å². The molecule has 0 unspecified atom stereocenters. The van der Waals surface area contributed by atoms with Crippen molar-refractivity contribution in [3.05, 3.63) is 69.2 Å². The highest BCUT2D eigenvalue weighted by Gasteiger charge is 2.24. The SMILES string of the molecule is O=C(O)CC1CCC(c2ccc(C(=O)CCCNC(=O)c3ccc(Cl)c(Cl)c3)cc2)CC1. The Morgan fingerprint density at radius 1 is 0.906 bits per heavy atom. The molecule has 2 N–H and O–H groups in total. The van der Waals surface area contributed by atoms with Crippen LogP contribution in [0.15, 0.2) is 42.5 Å². The molecule has 1 aliphatic carbocycles. The zero-order valence-electron chi connectivity index (χ0n) is 17.8. The van der Waals surface area contributed by atoms with Gasteiger partial charge in [0, 0.05) is 30.5 Å². The summed E-state index contributed by atoms with van der Waals surface area (Å²) in [4.78, 5) is 35.5. The summed E-state index contributed by atoms with van der Waals surface area (Å²) >= 11 is 11.8. The van der Waals surface area contributed by atoms with Crippen molar-refractivity contribution < 1.29 is 19.5 Å². The Balaban J connectivity index is 1.41. The Bertz CT molecular complexity index is 966. The summed E-state index contributed by atoms with van der Waals surface area (Å²) in [5, 5.41) is 12.5. The van der Waals surface area contributed by atoms with Crippen LogP contribution in [0.1, 0.15) is 77.1 Å². The minimum atomic E-state index is -0.717. The van der Waals surface area contributed by atoms with Crippen molar-refractivity contribution in [1.29, 1.82) is 0 Å². The minimum absolute atomic E-state index is 0.0468. The van der Waals surface area contributed by atoms with E-state index in [1.807, 2.05) is 24.3 Å². The minimum Gasteiger partial charge on any atom is -0.481 e. The molecule has 1 aliphatic rings. The molecule has 0 aromatic heterocycles. The van der Waals surface area contributed by atoms with Gasteiger partial charge in [0.15, 0.2) is 5.78 Å². The van der Waals surface area contributed by atoms with Crippen LogP contribution >= 0.6 is 23.2 Å². The fourth-order valence-corrected chi connectivity index (χ4v) is 4.52. The normalized spacial score (nSPS) is 18.2. The third-order valence-electron chi connectivity index (χ3n) is 6.06. The Morgan fingerprint density at radius 2 is 1.56 bits per heavy atom. The Morgan fingerprint density at radius 3 is 2.19 bits per heavy atom. The van der Waals surface area contributed by atoms with Gasteiger partial charge in [-0.1, -0.05) is 47.5 Å². The van der Waals surface area contributed by atoms with Crippen LogP contribution in [0.5, 0.6) is 0 Å². The van der Waals surface area contributed by atoms with E-state index in [9.17, 15) is 14.4 Å². The molecule has 0 atom stereocenters. The third kappa shape index (κ3) is 6.81. The smallest absolute Gasteiger partial charge is 0.303 e. The summed E-state index contributed by atoms with van der Waals surface area (Å²) in [5.41, 5.74) is 2.31. The van der Waals surface area contributed by atoms with Crippen LogP contribution in [0, 0.1) is 5.92 Å². The van der Waals surface area contributed by atoms with Gasteiger partial charge in [0.05, 0.1) is 10.0 Å². The number of aliphatic carboxylic acids is 1. The lowest BCUT2D eigenvalue weighted by Gasteiger charge is -2.28. The number of benzene rings is 2. The van der Waals surface area contributed by atoms with E-state index < -0.39 is 5.97 Å². The molecule has 1 amide bonds. The lowest BCUT2D eigenvalue weighted by Crippen LogP contribution is -2.24. The number of carboxylic acids is 1. The predicted octanol–water partition coefficient (Wildman–Crippen LogP) is 6.13. The van der Waals surface area contributed by atoms with E-state index in [0.29, 0.717) is 46.5 Å². The molecular formula is C25H27Cl2NO4. The number of Topliss-reactive ketones (excluding diaryl/α,β-unsaturated/α-hetero) is 1. The molecule has 0 bridgehead atoms. The molecule has 0 aliphatic heterocycles. The number of hydrogen-bond acceptors (Lipinski definition) is 3. The van der Waals surface area contributed by atoms with Gasteiger partial charge in [0.25, 0.3) is 5.91 Å². The number of ketones is 1. The summed E-state index contributed by atoms with van der Waals surface area (Å²) in [5.74, 6) is -0.211. The van der Waals surface area contributed by atoms with E-state index in [-0.39, 0.29) is 24.0 Å². The largest absolute Gasteiger partial charge is 0.481 e. The number of carbonyl (C=O) groups is 3. The topological polar surface area (TPSA) is 83.5 Å². The standard InChI is InChI=1S/C25H27Cl2NO4/c26-21-12-11-20(15-22(21)27)25(32)28-13-1-2-23(29)19-9-7-18(8-10-19)17-5-3-16(4-6-17)14-24(30)31/h7-12,15-17H,1-6,13-14H2,(H,28,32)(H,30,31). The van der Waals surface area contributed by atoms with E-state index in [4.69, 9.17) is 28.3 Å². The van der Waals surface area contributed by atoms with Gasteiger partial charge in [0.1, 0.15) is 0 Å². The average Bonchev–Trinajstić information content (AvgIpc) is 2.78. The summed E-state index contributed by atoms with van der Waals surface area (Å²) in [6.45, 7) is 0.391. The van der Waals surface area contributed by atoms with Crippen LogP contribution in [0.3, 0.4) is 0 Å². The highest BCUT2D eigenvalue weighted by Crippen LogP contribution is 2.37. The van der Waals surface area contributed by atoms with Crippen molar-refractivity contribution in [2.24, 2.45) is 5.92 Å². The summed E-state index contributed by atoms with van der Waals surface area (Å²) in [6, 6.07) is 12.5. The molecule has 0 spiro atoms. The second-order valence-electron chi connectivity index (χ2n) is 8.35. The van der Waals surface area contributed by atoms with E-state index in [1.54, 1.807) is 12.1 Å². The van der Waals surface area contributed by atoms with E-state index in [0.717, 1.165) is 25.7 Å². The monoisotopic (exact) mass is 475 g/mol. The zero-order chi connectivity index (χ0) is 23.1. The molecule has 2 aromatic rings. The summed E-state index contributed by atoms with van der Waals surface area (Å²) in [7, 11) is 0. The number of carbonyl (C=O) groups excluding carboxylic acids is 2. The van der Waals surface area contributed by atoms with Gasteiger partial charge in [-0.3, -0.25) is 14.4 Å². The first-order chi connectivity index (χ1) is 15.3. The van der Waals surface area contributed by atoms with Crippen LogP contribution in [-0.2, 0) is 4.79 Å². The number of nitrogens with one attached hydrogen (secondary N) is 1. The van der Waals surface area contributed by atoms with Gasteiger partial charge >= 0.3 is 5.97 Å². The predicted molar refractivity (Wildman–Crippen MR) is 126 cm³/mol. The Kier molecular flexibility index (Phi) is 8.71. The van der Waals surface area contributed by atoms with Gasteiger partial charge in [-0.2, -0.15) is 0 Å². The van der Waals surface area contributed by atoms with Crippen molar-refractivity contribution in [3.63, 3.8) is 0 Å². The number of hydrogen-bond donors (Lipinski definition) is 2. The van der Waals surface area contributed by atoms with Gasteiger partial charge < -0.3 is 10.4 Å². The number of carboxylic acid groups (broad SMARTS) is 1. The maximum Gasteiger partial charge on any atom is 0.303 e. The quantitative estimate of drug-likeness (QED) is 0.337. The van der Waals surface area contributed by atoms with Gasteiger partial charge in [-0.05, 0) is 67.7 Å². The van der Waals surface area contributed by atoms with Crippen molar-refractivity contribution in [2.75, 3.05) is 6.54 Å². The van der Waals surface area contributed by atoms with Crippen molar-refractivity contribution in [2.45, 2.75) is 50.9 Å². The fraction of sp³-hybridized carbons (Fsp3) is 0.400. The Hall–Kier alpha value is -2.37. The second-order valence-corrected chi connectivity index (χ2v) is 9.16. The molecule has 1 saturated carbocycles. The van der Waals surface area contributed by atoms with Gasteiger partial charge in [0.2, 0.25) is 0 Å². The maximum absolute atomic E-state index is 12.5. The van der Waals surface area contributed by atoms with Crippen LogP contribution < -0.4 is 5.32 Å². The van der Waals surface area contributed by atoms with Crippen LogP contribution in [0.4, 0.5) is 0 Å². The molecule has 170 valence electrons. The number of amides is 1. The van der Waals surface area contributed by atoms with E-state index >= 15 is 0 Å². The summed E-state index contributed by atoms with van der Waals surface area (Å²) < 4.78 is 0. The highest BCUT2D eigenvalue weighted by atomic mass is 35.5. The average molecular weight is 476 g/mol. The molecule has 7 heteroatoms. The zero-order valence-corrected chi connectivity index (χ0v) is 19.3. The molecular weight excluding hydrogens is 449 g/mol. The van der Waals surface area contributed by atoms with Gasteiger partial charge in [-0.15, -0.1) is 0 Å². The van der Waals surface area contributed by atoms with Crippen LogP contribution in [-0.4, -0.2) is 29.3 Å². The lowest BCUT2D eigenvalue weighted by molar-refractivity contribution is -0.138. The van der Waals surface area contributed by atoms with Crippen molar-refractivity contribution >= 4 is 40.9 Å². The molecule has 1 fully saturated rings. The van der Waals surface area contributed by atoms with Crippen LogP contribution in [0.25, 0.3) is 0 Å². The lowest BCUT2D eigenvalue weighted by atomic mass is 9.77. The first-order valence-corrected chi connectivity index (χ1v) is 11.7. The van der Waals surface area contributed by atoms with E-state index in [1.165, 1.54) is 11.6 Å². The van der Waals surface area contributed by atoms with Gasteiger partial charge in [-0.25, -0.2) is 0 Å². The number of rotatable bonds is 9. The summed E-state index contributed by atoms with van der Waals surface area (Å²) in [6.07, 6.45) is 5.00. The molecule has 0 heterocycles. The molecule has 2 aromatic carbocycles. The molecule has 5 nitrogen and oxygen atoms in total. The molecule has 0 saturated heterocycles. The van der Waals surface area contributed by atoms with Crippen molar-refractivity contribution in [1.82, 2.24) is 5.32 Å².